The first-order valence-electron chi connectivity index (χ1n) is 9.83. The molecule has 0 fully saturated rings. The summed E-state index contributed by atoms with van der Waals surface area (Å²) in [6, 6.07) is 12.2. The van der Waals surface area contributed by atoms with Crippen molar-refractivity contribution in [2.45, 2.75) is 38.0 Å². The molecule has 2 aromatic rings. The van der Waals surface area contributed by atoms with E-state index in [2.05, 4.69) is 25.4 Å². The van der Waals surface area contributed by atoms with E-state index in [9.17, 15) is 26.3 Å². The van der Waals surface area contributed by atoms with E-state index in [0.29, 0.717) is 5.57 Å². The van der Waals surface area contributed by atoms with Crippen molar-refractivity contribution in [3.8, 4) is 5.75 Å². The van der Waals surface area contributed by atoms with Gasteiger partial charge in [-0.1, -0.05) is 53.2 Å². The van der Waals surface area contributed by atoms with Gasteiger partial charge in [-0.2, -0.15) is 0 Å². The van der Waals surface area contributed by atoms with Crippen LogP contribution < -0.4 is 10.5 Å². The Balaban J connectivity index is 2.08. The molecule has 0 saturated heterocycles. The summed E-state index contributed by atoms with van der Waals surface area (Å²) in [5.74, 6) is -1.34. The molecule has 0 radical (unpaired) electrons. The van der Waals surface area contributed by atoms with Crippen LogP contribution in [0, 0.1) is 5.92 Å². The lowest BCUT2D eigenvalue weighted by Crippen LogP contribution is -2.41. The molecule has 3 rings (SSSR count). The molecule has 0 saturated carbocycles. The van der Waals surface area contributed by atoms with E-state index in [1.807, 2.05) is 0 Å². The van der Waals surface area contributed by atoms with Crippen molar-refractivity contribution in [1.82, 2.24) is 0 Å². The first-order chi connectivity index (χ1) is 15.2. The SMILES string of the molecule is CC1CC=C(C(N)(Cc2ccc(Br)cc2)c2cccc(OC(F)(F)F)c2)C=C1OC(F)(F)F. The highest BCUT2D eigenvalue weighted by molar-refractivity contribution is 9.10. The highest BCUT2D eigenvalue weighted by Gasteiger charge is 2.38. The van der Waals surface area contributed by atoms with Gasteiger partial charge in [0.1, 0.15) is 11.5 Å². The molecule has 33 heavy (non-hydrogen) atoms. The molecule has 3 nitrogen and oxygen atoms in total. The Hall–Kier alpha value is -2.46. The maximum absolute atomic E-state index is 12.9. The first kappa shape index (κ1) is 25.2. The summed E-state index contributed by atoms with van der Waals surface area (Å²) in [6.45, 7) is 1.58. The van der Waals surface area contributed by atoms with Crippen LogP contribution in [-0.2, 0) is 16.7 Å². The van der Waals surface area contributed by atoms with Crippen LogP contribution in [0.2, 0.25) is 0 Å². The number of benzene rings is 2. The zero-order valence-corrected chi connectivity index (χ0v) is 18.9. The minimum atomic E-state index is -4.91. The van der Waals surface area contributed by atoms with Crippen LogP contribution in [0.4, 0.5) is 26.3 Å². The summed E-state index contributed by atoms with van der Waals surface area (Å²) in [6.07, 6.45) is -6.57. The van der Waals surface area contributed by atoms with E-state index in [0.717, 1.165) is 22.2 Å². The molecule has 1 aliphatic rings. The molecule has 0 spiro atoms. The van der Waals surface area contributed by atoms with Crippen molar-refractivity contribution in [3.63, 3.8) is 0 Å². The van der Waals surface area contributed by atoms with Gasteiger partial charge < -0.3 is 15.2 Å². The monoisotopic (exact) mass is 535 g/mol. The summed E-state index contributed by atoms with van der Waals surface area (Å²) < 4.78 is 86.0. The molecule has 0 amide bonds. The smallest absolute Gasteiger partial charge is 0.410 e. The third kappa shape index (κ3) is 6.77. The van der Waals surface area contributed by atoms with Crippen LogP contribution >= 0.6 is 15.9 Å². The molecule has 0 aliphatic heterocycles. The van der Waals surface area contributed by atoms with Crippen molar-refractivity contribution in [2.75, 3.05) is 0 Å². The number of ether oxygens (including phenoxy) is 2. The van der Waals surface area contributed by atoms with Crippen LogP contribution in [-0.4, -0.2) is 12.7 Å². The largest absolute Gasteiger partial charge is 0.573 e. The van der Waals surface area contributed by atoms with Gasteiger partial charge in [0.15, 0.2) is 0 Å². The van der Waals surface area contributed by atoms with Gasteiger partial charge in [-0.25, -0.2) is 0 Å². The van der Waals surface area contributed by atoms with E-state index in [4.69, 9.17) is 5.73 Å². The Morgan fingerprint density at radius 2 is 1.61 bits per heavy atom. The van der Waals surface area contributed by atoms with Gasteiger partial charge in [0.05, 0.1) is 5.54 Å². The molecule has 2 atom stereocenters. The molecule has 0 heterocycles. The number of nitrogens with two attached hydrogens (primary N) is 1. The molecule has 2 aromatic carbocycles. The zero-order chi connectivity index (χ0) is 24.4. The summed E-state index contributed by atoms with van der Waals surface area (Å²) in [4.78, 5) is 0. The van der Waals surface area contributed by atoms with Gasteiger partial charge in [-0.15, -0.1) is 26.3 Å². The molecular weight excluding hydrogens is 516 g/mol. The average molecular weight is 536 g/mol. The number of rotatable bonds is 6. The third-order valence-electron chi connectivity index (χ3n) is 5.20. The summed E-state index contributed by atoms with van der Waals surface area (Å²) >= 11 is 3.33. The topological polar surface area (TPSA) is 44.5 Å². The lowest BCUT2D eigenvalue weighted by Gasteiger charge is -2.35. The van der Waals surface area contributed by atoms with E-state index >= 15 is 0 Å². The van der Waals surface area contributed by atoms with Gasteiger partial charge in [-0.3, -0.25) is 0 Å². The zero-order valence-electron chi connectivity index (χ0n) is 17.3. The van der Waals surface area contributed by atoms with E-state index in [1.165, 1.54) is 18.2 Å². The van der Waals surface area contributed by atoms with Crippen molar-refractivity contribution >= 4 is 15.9 Å². The van der Waals surface area contributed by atoms with Gasteiger partial charge in [0.25, 0.3) is 0 Å². The maximum atomic E-state index is 12.9. The summed E-state index contributed by atoms with van der Waals surface area (Å²) in [5.41, 5.74) is 6.59. The standard InChI is InChI=1S/C23H20BrF6NO2/c1-14-5-8-17(12-20(14)33-23(28,29)30)21(31,13-15-6-9-18(24)10-7-15)16-3-2-4-19(11-16)32-22(25,26)27/h2-4,6-12,14H,5,13,31H2,1H3. The fourth-order valence-electron chi connectivity index (χ4n) is 3.61. The van der Waals surface area contributed by atoms with Crippen LogP contribution in [0.25, 0.3) is 0 Å². The highest BCUT2D eigenvalue weighted by Crippen LogP contribution is 2.40. The Morgan fingerprint density at radius 1 is 0.970 bits per heavy atom. The lowest BCUT2D eigenvalue weighted by atomic mass is 9.75. The average Bonchev–Trinajstić information content (AvgIpc) is 2.69. The first-order valence-corrected chi connectivity index (χ1v) is 10.6. The second-order valence-corrected chi connectivity index (χ2v) is 8.66. The predicted octanol–water partition coefficient (Wildman–Crippen LogP) is 7.13. The molecule has 2 N–H and O–H groups in total. The van der Waals surface area contributed by atoms with Crippen LogP contribution in [0.5, 0.6) is 5.75 Å². The van der Waals surface area contributed by atoms with Gasteiger partial charge in [0.2, 0.25) is 0 Å². The van der Waals surface area contributed by atoms with Gasteiger partial charge in [-0.05, 0) is 59.9 Å². The van der Waals surface area contributed by atoms with Crippen molar-refractivity contribution < 1.29 is 35.8 Å². The second-order valence-electron chi connectivity index (χ2n) is 7.74. The molecule has 1 aliphatic carbocycles. The molecule has 178 valence electrons. The van der Waals surface area contributed by atoms with Crippen molar-refractivity contribution in [2.24, 2.45) is 11.7 Å². The predicted molar refractivity (Wildman–Crippen MR) is 114 cm³/mol. The summed E-state index contributed by atoms with van der Waals surface area (Å²) in [5, 5.41) is 0. The lowest BCUT2D eigenvalue weighted by molar-refractivity contribution is -0.308. The van der Waals surface area contributed by atoms with E-state index in [-0.39, 0.29) is 24.2 Å². The van der Waals surface area contributed by atoms with Crippen LogP contribution in [0.15, 0.2) is 76.5 Å². The normalized spacial score (nSPS) is 18.8. The summed E-state index contributed by atoms with van der Waals surface area (Å²) in [7, 11) is 0. The Bertz CT molecular complexity index is 1050. The number of allylic oxidation sites excluding steroid dienone is 2. The van der Waals surface area contributed by atoms with Crippen molar-refractivity contribution in [1.29, 1.82) is 0 Å². The van der Waals surface area contributed by atoms with Crippen molar-refractivity contribution in [3.05, 3.63) is 87.6 Å². The fourth-order valence-corrected chi connectivity index (χ4v) is 3.88. The minimum absolute atomic E-state index is 0.103. The Morgan fingerprint density at radius 3 is 2.21 bits per heavy atom. The number of hydrogen-bond acceptors (Lipinski definition) is 3. The number of hydrogen-bond donors (Lipinski definition) is 1. The second kappa shape index (κ2) is 9.42. The Kier molecular flexibility index (Phi) is 7.18. The van der Waals surface area contributed by atoms with Gasteiger partial charge >= 0.3 is 12.7 Å². The van der Waals surface area contributed by atoms with E-state index in [1.54, 1.807) is 37.3 Å². The highest BCUT2D eigenvalue weighted by atomic mass is 79.9. The van der Waals surface area contributed by atoms with Crippen LogP contribution in [0.1, 0.15) is 24.5 Å². The quantitative estimate of drug-likeness (QED) is 0.400. The number of halogens is 7. The number of alkyl halides is 6. The van der Waals surface area contributed by atoms with Gasteiger partial charge in [0, 0.05) is 10.4 Å². The molecule has 0 bridgehead atoms. The Labute approximate surface area is 195 Å². The third-order valence-corrected chi connectivity index (χ3v) is 5.73. The molecular formula is C23H20BrF6NO2. The maximum Gasteiger partial charge on any atom is 0.573 e. The van der Waals surface area contributed by atoms with E-state index < -0.39 is 29.9 Å². The molecule has 0 aromatic heterocycles. The fraction of sp³-hybridized carbons (Fsp3) is 0.304. The molecule has 10 heteroatoms. The van der Waals surface area contributed by atoms with Crippen LogP contribution in [0.3, 0.4) is 0 Å². The molecule has 2 unspecified atom stereocenters. The minimum Gasteiger partial charge on any atom is -0.410 e.